The van der Waals surface area contributed by atoms with E-state index in [4.69, 9.17) is 11.6 Å². The van der Waals surface area contributed by atoms with Gasteiger partial charge in [-0.05, 0) is 37.6 Å². The van der Waals surface area contributed by atoms with Crippen LogP contribution in [0.15, 0.2) is 30.5 Å². The standard InChI is InChI=1S/C14H15ClN2O2/c1-8-5-12(14(15)16-7-8)17-9(2)11-4-3-10(18)6-13(11)19/h3-7,9,17-19H,1-2H3. The van der Waals surface area contributed by atoms with Gasteiger partial charge in [-0.15, -0.1) is 0 Å². The molecule has 1 unspecified atom stereocenters. The molecule has 19 heavy (non-hydrogen) atoms. The van der Waals surface area contributed by atoms with Crippen molar-refractivity contribution in [2.75, 3.05) is 5.32 Å². The van der Waals surface area contributed by atoms with Crippen molar-refractivity contribution in [2.45, 2.75) is 19.9 Å². The lowest BCUT2D eigenvalue weighted by atomic mass is 10.1. The average Bonchev–Trinajstić information content (AvgIpc) is 2.33. The fourth-order valence-electron chi connectivity index (χ4n) is 1.86. The normalized spacial score (nSPS) is 12.2. The molecule has 1 aromatic carbocycles. The van der Waals surface area contributed by atoms with Gasteiger partial charge in [0, 0.05) is 17.8 Å². The number of aromatic hydroxyl groups is 2. The van der Waals surface area contributed by atoms with Crippen LogP contribution in [-0.4, -0.2) is 15.2 Å². The molecule has 2 rings (SSSR count). The molecule has 0 aliphatic rings. The highest BCUT2D eigenvalue weighted by Gasteiger charge is 2.12. The number of hydrogen-bond acceptors (Lipinski definition) is 4. The Morgan fingerprint density at radius 1 is 1.26 bits per heavy atom. The fraction of sp³-hybridized carbons (Fsp3) is 0.214. The zero-order valence-electron chi connectivity index (χ0n) is 10.7. The van der Waals surface area contributed by atoms with E-state index in [0.717, 1.165) is 5.56 Å². The second kappa shape index (κ2) is 5.36. The van der Waals surface area contributed by atoms with Crippen LogP contribution in [0.25, 0.3) is 0 Å². The summed E-state index contributed by atoms with van der Waals surface area (Å²) in [7, 11) is 0. The van der Waals surface area contributed by atoms with E-state index >= 15 is 0 Å². The van der Waals surface area contributed by atoms with Crippen molar-refractivity contribution in [3.63, 3.8) is 0 Å². The van der Waals surface area contributed by atoms with E-state index in [9.17, 15) is 10.2 Å². The minimum atomic E-state index is -0.165. The topological polar surface area (TPSA) is 65.4 Å². The lowest BCUT2D eigenvalue weighted by Gasteiger charge is -2.18. The predicted octanol–water partition coefficient (Wildman–Crippen LogP) is 3.63. The molecule has 0 saturated heterocycles. The zero-order valence-corrected chi connectivity index (χ0v) is 11.4. The molecule has 0 spiro atoms. The van der Waals surface area contributed by atoms with E-state index in [1.54, 1.807) is 12.3 Å². The number of rotatable bonds is 3. The van der Waals surface area contributed by atoms with Crippen LogP contribution in [0.4, 0.5) is 5.69 Å². The zero-order chi connectivity index (χ0) is 14.0. The maximum atomic E-state index is 9.82. The number of phenolic OH excluding ortho intramolecular Hbond substituents is 2. The van der Waals surface area contributed by atoms with Crippen molar-refractivity contribution in [3.05, 3.63) is 46.7 Å². The quantitative estimate of drug-likeness (QED) is 0.750. The lowest BCUT2D eigenvalue weighted by molar-refractivity contribution is 0.444. The molecule has 2 aromatic rings. The summed E-state index contributed by atoms with van der Waals surface area (Å²) in [5.41, 5.74) is 2.38. The Hall–Kier alpha value is -1.94. The minimum absolute atomic E-state index is 0.0312. The summed E-state index contributed by atoms with van der Waals surface area (Å²) in [6, 6.07) is 6.23. The van der Waals surface area contributed by atoms with Crippen LogP contribution in [0.1, 0.15) is 24.1 Å². The SMILES string of the molecule is Cc1cnc(Cl)c(NC(C)c2ccc(O)cc2O)c1. The Morgan fingerprint density at radius 3 is 2.68 bits per heavy atom. The number of phenols is 2. The number of halogens is 1. The third-order valence-corrected chi connectivity index (χ3v) is 3.13. The third-order valence-electron chi connectivity index (χ3n) is 2.83. The Bertz CT molecular complexity index is 602. The van der Waals surface area contributed by atoms with Crippen molar-refractivity contribution in [1.82, 2.24) is 4.98 Å². The summed E-state index contributed by atoms with van der Waals surface area (Å²) in [5.74, 6) is 0.0699. The highest BCUT2D eigenvalue weighted by atomic mass is 35.5. The molecule has 3 N–H and O–H groups in total. The Balaban J connectivity index is 2.25. The number of nitrogens with zero attached hydrogens (tertiary/aromatic N) is 1. The largest absolute Gasteiger partial charge is 0.508 e. The first kappa shape index (κ1) is 13.5. The number of aryl methyl sites for hydroxylation is 1. The Kier molecular flexibility index (Phi) is 3.81. The molecule has 0 saturated carbocycles. The van der Waals surface area contributed by atoms with Crippen molar-refractivity contribution in [2.24, 2.45) is 0 Å². The van der Waals surface area contributed by atoms with Crippen molar-refractivity contribution < 1.29 is 10.2 Å². The number of anilines is 1. The summed E-state index contributed by atoms with van der Waals surface area (Å²) in [4.78, 5) is 4.06. The van der Waals surface area contributed by atoms with E-state index in [1.165, 1.54) is 12.1 Å². The van der Waals surface area contributed by atoms with Gasteiger partial charge in [-0.25, -0.2) is 4.98 Å². The number of aromatic nitrogens is 1. The molecule has 0 aliphatic carbocycles. The van der Waals surface area contributed by atoms with Crippen LogP contribution >= 0.6 is 11.6 Å². The number of pyridine rings is 1. The second-order valence-electron chi connectivity index (χ2n) is 4.46. The van der Waals surface area contributed by atoms with E-state index in [2.05, 4.69) is 10.3 Å². The van der Waals surface area contributed by atoms with Gasteiger partial charge in [0.15, 0.2) is 5.15 Å². The highest BCUT2D eigenvalue weighted by molar-refractivity contribution is 6.31. The van der Waals surface area contributed by atoms with Crippen LogP contribution < -0.4 is 5.32 Å². The first-order valence-corrected chi connectivity index (χ1v) is 6.25. The number of hydrogen-bond donors (Lipinski definition) is 3. The maximum Gasteiger partial charge on any atom is 0.152 e. The molecule has 0 radical (unpaired) electrons. The first-order chi connectivity index (χ1) is 8.97. The smallest absolute Gasteiger partial charge is 0.152 e. The van der Waals surface area contributed by atoms with E-state index < -0.39 is 0 Å². The van der Waals surface area contributed by atoms with Gasteiger partial charge in [-0.2, -0.15) is 0 Å². The summed E-state index contributed by atoms with van der Waals surface area (Å²) in [6.45, 7) is 3.82. The van der Waals surface area contributed by atoms with Crippen LogP contribution in [-0.2, 0) is 0 Å². The van der Waals surface area contributed by atoms with Gasteiger partial charge in [0.2, 0.25) is 0 Å². The lowest BCUT2D eigenvalue weighted by Crippen LogP contribution is -2.07. The van der Waals surface area contributed by atoms with Gasteiger partial charge in [0.05, 0.1) is 11.7 Å². The van der Waals surface area contributed by atoms with Crippen LogP contribution in [0, 0.1) is 6.92 Å². The molecule has 0 aliphatic heterocycles. The number of nitrogens with one attached hydrogen (secondary N) is 1. The van der Waals surface area contributed by atoms with Gasteiger partial charge in [0.25, 0.3) is 0 Å². The molecular formula is C14H15ClN2O2. The highest BCUT2D eigenvalue weighted by Crippen LogP contribution is 2.31. The minimum Gasteiger partial charge on any atom is -0.508 e. The summed E-state index contributed by atoms with van der Waals surface area (Å²) in [6.07, 6.45) is 1.69. The second-order valence-corrected chi connectivity index (χ2v) is 4.82. The molecule has 1 heterocycles. The Morgan fingerprint density at radius 2 is 2.00 bits per heavy atom. The maximum absolute atomic E-state index is 9.82. The number of benzene rings is 1. The van der Waals surface area contributed by atoms with Crippen LogP contribution in [0.3, 0.4) is 0 Å². The van der Waals surface area contributed by atoms with Gasteiger partial charge >= 0.3 is 0 Å². The summed E-state index contributed by atoms with van der Waals surface area (Å²) in [5, 5.41) is 22.7. The summed E-state index contributed by atoms with van der Waals surface area (Å²) < 4.78 is 0. The third kappa shape index (κ3) is 3.09. The average molecular weight is 279 g/mol. The monoisotopic (exact) mass is 278 g/mol. The molecular weight excluding hydrogens is 264 g/mol. The van der Waals surface area contributed by atoms with E-state index in [0.29, 0.717) is 16.4 Å². The van der Waals surface area contributed by atoms with Crippen molar-refractivity contribution in [1.29, 1.82) is 0 Å². The van der Waals surface area contributed by atoms with Gasteiger partial charge in [0.1, 0.15) is 11.5 Å². The molecule has 4 nitrogen and oxygen atoms in total. The molecule has 1 aromatic heterocycles. The van der Waals surface area contributed by atoms with Gasteiger partial charge in [-0.1, -0.05) is 11.6 Å². The van der Waals surface area contributed by atoms with Gasteiger partial charge < -0.3 is 15.5 Å². The van der Waals surface area contributed by atoms with E-state index in [-0.39, 0.29) is 17.5 Å². The molecule has 0 fully saturated rings. The fourth-order valence-corrected chi connectivity index (χ4v) is 2.02. The molecule has 100 valence electrons. The molecule has 1 atom stereocenters. The van der Waals surface area contributed by atoms with E-state index in [1.807, 2.05) is 19.9 Å². The Labute approximate surface area is 116 Å². The molecule has 0 amide bonds. The molecule has 5 heteroatoms. The van der Waals surface area contributed by atoms with Crippen LogP contribution in [0.5, 0.6) is 11.5 Å². The predicted molar refractivity (Wildman–Crippen MR) is 75.8 cm³/mol. The van der Waals surface area contributed by atoms with Gasteiger partial charge in [-0.3, -0.25) is 0 Å². The van der Waals surface area contributed by atoms with Crippen molar-refractivity contribution in [3.8, 4) is 11.5 Å². The van der Waals surface area contributed by atoms with Crippen LogP contribution in [0.2, 0.25) is 5.15 Å². The molecule has 0 bridgehead atoms. The van der Waals surface area contributed by atoms with Crippen molar-refractivity contribution >= 4 is 17.3 Å². The summed E-state index contributed by atoms with van der Waals surface area (Å²) >= 11 is 6.02. The first-order valence-electron chi connectivity index (χ1n) is 5.88.